The molecule has 0 saturated carbocycles. The Morgan fingerprint density at radius 1 is 2.00 bits per heavy atom. The van der Waals surface area contributed by atoms with Gasteiger partial charge in [0.1, 0.15) is 0 Å². The third kappa shape index (κ3) is 2.94. The third-order valence-corrected chi connectivity index (χ3v) is 0.186. The minimum absolute atomic E-state index is 0.759. The zero-order valence-corrected chi connectivity index (χ0v) is 2.99. The standard InChI is InChI=1S/C2H4N3O/c3-1-5-2(4)6/h(H4,3,4,5,6). The average Bonchev–Trinajstić information content (AvgIpc) is 1.35. The molecule has 0 saturated heterocycles. The van der Waals surface area contributed by atoms with Gasteiger partial charge >= 0.3 is 6.03 Å². The molecule has 1 radical (unpaired) electrons. The molecule has 4 N–H and O–H groups in total. The number of nitrogens with one attached hydrogen (secondary N) is 2. The highest BCUT2D eigenvalue weighted by Gasteiger charge is 1.78. The number of nitrogens with two attached hydrogens (primary N) is 1. The quantitative estimate of drug-likeness (QED) is 0.216. The van der Waals surface area contributed by atoms with Gasteiger partial charge in [-0.05, 0) is 0 Å². The fraction of sp³-hybridized carbons (Fsp3) is 0. The molecule has 0 aliphatic heterocycles. The normalized spacial score (nSPS) is 6.67. The lowest BCUT2D eigenvalue weighted by Gasteiger charge is -1.80. The first-order chi connectivity index (χ1) is 2.77. The Labute approximate surface area is 34.8 Å². The van der Waals surface area contributed by atoms with Gasteiger partial charge in [0.25, 0.3) is 0 Å². The van der Waals surface area contributed by atoms with E-state index < -0.39 is 6.03 Å². The summed E-state index contributed by atoms with van der Waals surface area (Å²) in [5.41, 5.74) is 4.47. The molecule has 0 aromatic rings. The summed E-state index contributed by atoms with van der Waals surface area (Å²) in [6.45, 7) is 0. The maximum absolute atomic E-state index is 9.53. The van der Waals surface area contributed by atoms with Crippen LogP contribution < -0.4 is 11.1 Å². The van der Waals surface area contributed by atoms with Gasteiger partial charge in [-0.25, -0.2) is 4.79 Å². The maximum atomic E-state index is 9.53. The van der Waals surface area contributed by atoms with Gasteiger partial charge in [-0.1, -0.05) is 0 Å². The highest BCUT2D eigenvalue weighted by molar-refractivity contribution is 5.83. The second-order valence-electron chi connectivity index (χ2n) is 0.614. The smallest absolute Gasteiger partial charge is 0.317 e. The fourth-order valence-electron chi connectivity index (χ4n) is 0.0616. The Hall–Kier alpha value is -1.06. The topological polar surface area (TPSA) is 79.0 Å². The van der Waals surface area contributed by atoms with E-state index in [1.165, 1.54) is 0 Å². The highest BCUT2D eigenvalue weighted by atomic mass is 16.2. The van der Waals surface area contributed by atoms with Crippen molar-refractivity contribution < 1.29 is 4.79 Å². The molecular formula is C2H4N3O. The van der Waals surface area contributed by atoms with Crippen LogP contribution in [0.25, 0.3) is 0 Å². The van der Waals surface area contributed by atoms with Crippen molar-refractivity contribution in [3.8, 4) is 0 Å². The SMILES string of the molecule is N=[C]NC(N)=O. The van der Waals surface area contributed by atoms with Crippen molar-refractivity contribution >= 4 is 12.4 Å². The molecule has 0 fully saturated rings. The predicted molar refractivity (Wildman–Crippen MR) is 20.4 cm³/mol. The summed E-state index contributed by atoms with van der Waals surface area (Å²) in [6, 6.07) is -0.759. The Morgan fingerprint density at radius 3 is 2.50 bits per heavy atom. The zero-order valence-electron chi connectivity index (χ0n) is 2.99. The zero-order chi connectivity index (χ0) is 4.99. The molecule has 0 spiro atoms. The van der Waals surface area contributed by atoms with Crippen LogP contribution in [0.5, 0.6) is 0 Å². The summed E-state index contributed by atoms with van der Waals surface area (Å²) in [6.07, 6.45) is 1.59. The highest BCUT2D eigenvalue weighted by Crippen LogP contribution is 1.41. The first kappa shape index (κ1) is 4.94. The maximum Gasteiger partial charge on any atom is 0.317 e. The number of carbonyl (C=O) groups excluding carboxylic acids is 1. The van der Waals surface area contributed by atoms with E-state index in [1.807, 2.05) is 0 Å². The minimum atomic E-state index is -0.759. The summed E-state index contributed by atoms with van der Waals surface area (Å²) in [7, 11) is 0. The molecular weight excluding hydrogens is 82.0 g/mol. The number of rotatable bonds is 1. The van der Waals surface area contributed by atoms with Gasteiger partial charge in [-0.3, -0.25) is 10.7 Å². The molecule has 0 aromatic heterocycles. The van der Waals surface area contributed by atoms with Gasteiger partial charge in [0.15, 0.2) is 6.34 Å². The van der Waals surface area contributed by atoms with Gasteiger partial charge in [-0.2, -0.15) is 0 Å². The first-order valence-electron chi connectivity index (χ1n) is 1.24. The van der Waals surface area contributed by atoms with Crippen molar-refractivity contribution in [2.45, 2.75) is 0 Å². The van der Waals surface area contributed by atoms with Crippen LogP contribution in [0.3, 0.4) is 0 Å². The number of primary amides is 1. The van der Waals surface area contributed by atoms with E-state index in [1.54, 1.807) is 11.7 Å². The molecule has 0 rings (SSSR count). The largest absolute Gasteiger partial charge is 0.351 e. The first-order valence-corrected chi connectivity index (χ1v) is 1.24. The lowest BCUT2D eigenvalue weighted by Crippen LogP contribution is -2.27. The number of hydrogen-bond donors (Lipinski definition) is 3. The van der Waals surface area contributed by atoms with Crippen LogP contribution in [-0.2, 0) is 0 Å². The van der Waals surface area contributed by atoms with Crippen LogP contribution in [0.2, 0.25) is 0 Å². The molecule has 0 aliphatic rings. The van der Waals surface area contributed by atoms with Gasteiger partial charge in [0.05, 0.1) is 0 Å². The Balaban J connectivity index is 3.05. The van der Waals surface area contributed by atoms with Crippen molar-refractivity contribution in [1.29, 1.82) is 5.41 Å². The number of urea groups is 1. The van der Waals surface area contributed by atoms with E-state index >= 15 is 0 Å². The summed E-state index contributed by atoms with van der Waals surface area (Å²) in [5.74, 6) is 0. The van der Waals surface area contributed by atoms with Crippen LogP contribution in [0, 0.1) is 5.41 Å². The van der Waals surface area contributed by atoms with Crippen molar-refractivity contribution in [1.82, 2.24) is 5.32 Å². The summed E-state index contributed by atoms with van der Waals surface area (Å²) in [5, 5.41) is 7.84. The summed E-state index contributed by atoms with van der Waals surface area (Å²) >= 11 is 0. The van der Waals surface area contributed by atoms with Gasteiger partial charge in [-0.15, -0.1) is 0 Å². The third-order valence-electron chi connectivity index (χ3n) is 0.186. The Morgan fingerprint density at radius 2 is 2.50 bits per heavy atom. The Bertz CT molecular complexity index is 69.2. The van der Waals surface area contributed by atoms with Crippen LogP contribution >= 0.6 is 0 Å². The van der Waals surface area contributed by atoms with Gasteiger partial charge in [0.2, 0.25) is 0 Å². The molecule has 2 amide bonds. The second kappa shape index (κ2) is 2.19. The van der Waals surface area contributed by atoms with Crippen LogP contribution in [0.15, 0.2) is 0 Å². The van der Waals surface area contributed by atoms with E-state index in [9.17, 15) is 4.79 Å². The second-order valence-corrected chi connectivity index (χ2v) is 0.614. The lowest BCUT2D eigenvalue weighted by molar-refractivity contribution is 0.253. The molecule has 0 aliphatic carbocycles. The van der Waals surface area contributed by atoms with Crippen molar-refractivity contribution in [3.63, 3.8) is 0 Å². The average molecular weight is 86.1 g/mol. The molecule has 33 valence electrons. The molecule has 6 heavy (non-hydrogen) atoms. The fourth-order valence-corrected chi connectivity index (χ4v) is 0.0616. The van der Waals surface area contributed by atoms with Crippen LogP contribution in [-0.4, -0.2) is 12.4 Å². The summed E-state index contributed by atoms with van der Waals surface area (Å²) < 4.78 is 0. The number of hydrogen-bond acceptors (Lipinski definition) is 2. The van der Waals surface area contributed by atoms with E-state index in [0.717, 1.165) is 0 Å². The Kier molecular flexibility index (Phi) is 1.81. The van der Waals surface area contributed by atoms with Gasteiger partial charge < -0.3 is 5.73 Å². The van der Waals surface area contributed by atoms with E-state index in [0.29, 0.717) is 0 Å². The van der Waals surface area contributed by atoms with Crippen molar-refractivity contribution in [2.24, 2.45) is 5.73 Å². The van der Waals surface area contributed by atoms with Gasteiger partial charge in [0, 0.05) is 0 Å². The van der Waals surface area contributed by atoms with E-state index in [-0.39, 0.29) is 0 Å². The number of amides is 2. The molecule has 0 bridgehead atoms. The van der Waals surface area contributed by atoms with E-state index in [4.69, 9.17) is 5.41 Å². The van der Waals surface area contributed by atoms with Crippen molar-refractivity contribution in [2.75, 3.05) is 0 Å². The number of carbonyl (C=O) groups is 1. The van der Waals surface area contributed by atoms with Crippen LogP contribution in [0.4, 0.5) is 4.79 Å². The molecule has 0 heterocycles. The van der Waals surface area contributed by atoms with E-state index in [2.05, 4.69) is 5.73 Å². The lowest BCUT2D eigenvalue weighted by atomic mass is 11.0. The summed E-state index contributed by atoms with van der Waals surface area (Å²) in [4.78, 5) is 9.53. The monoisotopic (exact) mass is 86.0 g/mol. The molecule has 0 unspecified atom stereocenters. The van der Waals surface area contributed by atoms with Crippen LogP contribution in [0.1, 0.15) is 0 Å². The molecule has 4 nitrogen and oxygen atoms in total. The molecule has 0 aromatic carbocycles. The predicted octanol–water partition coefficient (Wildman–Crippen LogP) is -0.861. The minimum Gasteiger partial charge on any atom is -0.351 e. The molecule has 0 atom stereocenters. The molecule has 4 heteroatoms. The van der Waals surface area contributed by atoms with Crippen molar-refractivity contribution in [3.05, 3.63) is 0 Å².